The number of nitrogens with zero attached hydrogens (tertiary/aromatic N) is 3. The van der Waals surface area contributed by atoms with Gasteiger partial charge in [0.1, 0.15) is 5.00 Å². The van der Waals surface area contributed by atoms with Crippen molar-refractivity contribution in [3.8, 4) is 5.00 Å². The van der Waals surface area contributed by atoms with E-state index in [0.717, 1.165) is 27.1 Å². The Morgan fingerprint density at radius 1 is 1.33 bits per heavy atom. The van der Waals surface area contributed by atoms with E-state index in [9.17, 15) is 4.79 Å². The van der Waals surface area contributed by atoms with Crippen LogP contribution in [0.15, 0.2) is 36.7 Å². The lowest BCUT2D eigenvalue weighted by Gasteiger charge is -2.21. The third kappa shape index (κ3) is 2.32. The third-order valence-corrected chi connectivity index (χ3v) is 6.12. The maximum absolute atomic E-state index is 12.6. The molecule has 3 aromatic rings. The van der Waals surface area contributed by atoms with E-state index in [1.807, 2.05) is 24.4 Å². The Hall–Kier alpha value is -2.25. The summed E-state index contributed by atoms with van der Waals surface area (Å²) in [7, 11) is 0. The molecular weight excluding hydrogens is 322 g/mol. The number of thiophene rings is 1. The fourth-order valence-electron chi connectivity index (χ4n) is 3.83. The van der Waals surface area contributed by atoms with E-state index in [1.165, 1.54) is 12.8 Å². The molecule has 7 heteroatoms. The Labute approximate surface area is 142 Å². The Morgan fingerprint density at radius 2 is 2.29 bits per heavy atom. The summed E-state index contributed by atoms with van der Waals surface area (Å²) < 4.78 is 2.82. The topological polar surface area (TPSA) is 71.8 Å². The van der Waals surface area contributed by atoms with Gasteiger partial charge in [-0.3, -0.25) is 4.79 Å². The summed E-state index contributed by atoms with van der Waals surface area (Å²) in [6.07, 6.45) is 6.94. The molecule has 0 spiro atoms. The molecule has 2 N–H and O–H groups in total. The van der Waals surface area contributed by atoms with E-state index < -0.39 is 0 Å². The van der Waals surface area contributed by atoms with Crippen LogP contribution in [0.25, 0.3) is 15.1 Å². The number of hydrogen-bond acceptors (Lipinski definition) is 5. The quantitative estimate of drug-likeness (QED) is 0.767. The van der Waals surface area contributed by atoms with Gasteiger partial charge in [0.15, 0.2) is 0 Å². The average Bonchev–Trinajstić information content (AvgIpc) is 3.35. The van der Waals surface area contributed by atoms with Gasteiger partial charge in [-0.2, -0.15) is 0 Å². The number of rotatable bonds is 3. The first-order valence-electron chi connectivity index (χ1n) is 8.23. The molecule has 3 atom stereocenters. The summed E-state index contributed by atoms with van der Waals surface area (Å²) in [6, 6.07) is 9.23. The van der Waals surface area contributed by atoms with Crippen molar-refractivity contribution in [2.75, 3.05) is 0 Å². The number of aromatic nitrogens is 3. The number of fused-ring (bicyclic) bond motifs is 3. The standard InChI is InChI=1S/C17H17N5OS/c23-17(20-14-9-12-3-4-13(14)19-12)11-2-1-10-8-16(24-15(10)7-11)22-6-5-18-21-22/h1-2,5-8,12-14,19H,3-4,9H2,(H,20,23)/t12-,13+,14-/m1/s1. The molecule has 2 bridgehead atoms. The van der Waals surface area contributed by atoms with Crippen LogP contribution in [-0.4, -0.2) is 39.0 Å². The molecule has 2 aromatic heterocycles. The first-order valence-corrected chi connectivity index (χ1v) is 9.05. The number of amides is 1. The molecular formula is C17H17N5OS. The molecule has 5 rings (SSSR count). The highest BCUT2D eigenvalue weighted by Gasteiger charge is 2.39. The smallest absolute Gasteiger partial charge is 0.251 e. The molecule has 2 aliphatic rings. The minimum atomic E-state index is 0.0203. The van der Waals surface area contributed by atoms with Crippen molar-refractivity contribution in [1.82, 2.24) is 25.6 Å². The van der Waals surface area contributed by atoms with Crippen LogP contribution in [0.1, 0.15) is 29.6 Å². The van der Waals surface area contributed by atoms with Crippen molar-refractivity contribution in [3.05, 3.63) is 42.2 Å². The van der Waals surface area contributed by atoms with Gasteiger partial charge in [0, 0.05) is 28.4 Å². The highest BCUT2D eigenvalue weighted by atomic mass is 32.1. The zero-order valence-corrected chi connectivity index (χ0v) is 13.8. The normalized spacial score (nSPS) is 25.4. The summed E-state index contributed by atoms with van der Waals surface area (Å²) in [6.45, 7) is 0. The fraction of sp³-hybridized carbons (Fsp3) is 0.353. The second-order valence-corrected chi connectivity index (χ2v) is 7.61. The highest BCUT2D eigenvalue weighted by Crippen LogP contribution is 2.30. The Kier molecular flexibility index (Phi) is 3.17. The van der Waals surface area contributed by atoms with E-state index in [2.05, 4.69) is 27.0 Å². The molecule has 1 aromatic carbocycles. The second-order valence-electron chi connectivity index (χ2n) is 6.55. The van der Waals surface area contributed by atoms with Crippen LogP contribution in [0.5, 0.6) is 0 Å². The van der Waals surface area contributed by atoms with Crippen LogP contribution < -0.4 is 10.6 Å². The van der Waals surface area contributed by atoms with E-state index >= 15 is 0 Å². The molecule has 1 amide bonds. The number of carbonyl (C=O) groups is 1. The lowest BCUT2D eigenvalue weighted by atomic mass is 9.95. The van der Waals surface area contributed by atoms with E-state index in [1.54, 1.807) is 22.2 Å². The molecule has 122 valence electrons. The number of benzene rings is 1. The van der Waals surface area contributed by atoms with Crippen molar-refractivity contribution in [1.29, 1.82) is 0 Å². The third-order valence-electron chi connectivity index (χ3n) is 5.03. The molecule has 0 saturated carbocycles. The van der Waals surface area contributed by atoms with E-state index in [4.69, 9.17) is 0 Å². The van der Waals surface area contributed by atoms with Gasteiger partial charge >= 0.3 is 0 Å². The second kappa shape index (κ2) is 5.39. The van der Waals surface area contributed by atoms with Crippen LogP contribution in [0.3, 0.4) is 0 Å². The lowest BCUT2D eigenvalue weighted by molar-refractivity contribution is 0.0931. The molecule has 2 saturated heterocycles. The lowest BCUT2D eigenvalue weighted by Crippen LogP contribution is -2.42. The van der Waals surface area contributed by atoms with Gasteiger partial charge in [-0.15, -0.1) is 16.4 Å². The predicted molar refractivity (Wildman–Crippen MR) is 92.6 cm³/mol. The summed E-state index contributed by atoms with van der Waals surface area (Å²) in [5, 5.41) is 16.7. The fourth-order valence-corrected chi connectivity index (χ4v) is 4.87. The first kappa shape index (κ1) is 14.1. The Bertz CT molecular complexity index is 903. The van der Waals surface area contributed by atoms with Gasteiger partial charge in [-0.1, -0.05) is 11.3 Å². The number of nitrogens with one attached hydrogen (secondary N) is 2. The summed E-state index contributed by atoms with van der Waals surface area (Å²) >= 11 is 1.61. The number of hydrogen-bond donors (Lipinski definition) is 2. The zero-order valence-electron chi connectivity index (χ0n) is 13.0. The maximum atomic E-state index is 12.6. The van der Waals surface area contributed by atoms with E-state index in [0.29, 0.717) is 12.1 Å². The van der Waals surface area contributed by atoms with Gasteiger partial charge in [0.2, 0.25) is 0 Å². The Morgan fingerprint density at radius 3 is 3.04 bits per heavy atom. The molecule has 24 heavy (non-hydrogen) atoms. The van der Waals surface area contributed by atoms with Crippen molar-refractivity contribution < 1.29 is 4.79 Å². The summed E-state index contributed by atoms with van der Waals surface area (Å²) in [5.74, 6) is 0.0203. The Balaban J connectivity index is 1.39. The molecule has 6 nitrogen and oxygen atoms in total. The number of carbonyl (C=O) groups excluding carboxylic acids is 1. The van der Waals surface area contributed by atoms with Crippen molar-refractivity contribution in [2.24, 2.45) is 0 Å². The van der Waals surface area contributed by atoms with Crippen LogP contribution in [0.4, 0.5) is 0 Å². The predicted octanol–water partition coefficient (Wildman–Crippen LogP) is 2.10. The van der Waals surface area contributed by atoms with Gasteiger partial charge in [0.05, 0.1) is 12.4 Å². The van der Waals surface area contributed by atoms with Crippen molar-refractivity contribution in [3.63, 3.8) is 0 Å². The van der Waals surface area contributed by atoms with Gasteiger partial charge in [-0.05, 0) is 42.8 Å². The largest absolute Gasteiger partial charge is 0.348 e. The molecule has 0 radical (unpaired) electrons. The molecule has 0 aliphatic carbocycles. The molecule has 4 heterocycles. The van der Waals surface area contributed by atoms with Crippen LogP contribution in [0.2, 0.25) is 0 Å². The monoisotopic (exact) mass is 339 g/mol. The molecule has 2 aliphatic heterocycles. The minimum absolute atomic E-state index is 0.0203. The van der Waals surface area contributed by atoms with E-state index in [-0.39, 0.29) is 11.9 Å². The molecule has 0 unspecified atom stereocenters. The van der Waals surface area contributed by atoms with Gasteiger partial charge in [-0.25, -0.2) is 4.68 Å². The maximum Gasteiger partial charge on any atom is 0.251 e. The minimum Gasteiger partial charge on any atom is -0.348 e. The average molecular weight is 339 g/mol. The molecule has 2 fully saturated rings. The zero-order chi connectivity index (χ0) is 16.1. The van der Waals surface area contributed by atoms with Crippen LogP contribution in [-0.2, 0) is 0 Å². The summed E-state index contributed by atoms with van der Waals surface area (Å²) in [5.41, 5.74) is 0.720. The van der Waals surface area contributed by atoms with Crippen molar-refractivity contribution >= 4 is 27.3 Å². The van der Waals surface area contributed by atoms with Gasteiger partial charge < -0.3 is 10.6 Å². The highest BCUT2D eigenvalue weighted by molar-refractivity contribution is 7.21. The van der Waals surface area contributed by atoms with Gasteiger partial charge in [0.25, 0.3) is 5.91 Å². The van der Waals surface area contributed by atoms with Crippen molar-refractivity contribution in [2.45, 2.75) is 37.4 Å². The summed E-state index contributed by atoms with van der Waals surface area (Å²) in [4.78, 5) is 12.6. The van der Waals surface area contributed by atoms with Crippen LogP contribution >= 0.6 is 11.3 Å². The first-order chi connectivity index (χ1) is 11.8. The van der Waals surface area contributed by atoms with Crippen LogP contribution in [0, 0.1) is 0 Å². The SMILES string of the molecule is O=C(N[C@@H]1C[C@H]2CC[C@@H]1N2)c1ccc2cc(-n3ccnn3)sc2c1.